The summed E-state index contributed by atoms with van der Waals surface area (Å²) in [7, 11) is 0. The van der Waals surface area contributed by atoms with Crippen LogP contribution in [0.1, 0.15) is 48.1 Å². The molecule has 0 heterocycles. The molecule has 0 radical (unpaired) electrons. The van der Waals surface area contributed by atoms with Gasteiger partial charge in [0.1, 0.15) is 0 Å². The first-order valence-corrected chi connectivity index (χ1v) is 9.21. The molecule has 1 aliphatic rings. The van der Waals surface area contributed by atoms with E-state index in [1.54, 1.807) is 0 Å². The van der Waals surface area contributed by atoms with Crippen LogP contribution in [0.4, 0.5) is 0 Å². The zero-order valence-electron chi connectivity index (χ0n) is 15.4. The number of carbonyl (C=O) groups excluding carboxylic acids is 2. The van der Waals surface area contributed by atoms with E-state index >= 15 is 0 Å². The van der Waals surface area contributed by atoms with Gasteiger partial charge in [-0.15, -0.1) is 0 Å². The maximum Gasteiger partial charge on any atom is 0.222 e. The smallest absolute Gasteiger partial charge is 0.222 e. The van der Waals surface area contributed by atoms with E-state index in [4.69, 9.17) is 0 Å². The highest BCUT2D eigenvalue weighted by molar-refractivity contribution is 5.79. The first kappa shape index (κ1) is 18.2. The molecule has 4 nitrogen and oxygen atoms in total. The Bertz CT molecular complexity index is 783. The van der Waals surface area contributed by atoms with E-state index in [1.165, 1.54) is 18.1 Å². The second-order valence-corrected chi connectivity index (χ2v) is 7.14. The van der Waals surface area contributed by atoms with Crippen LogP contribution < -0.4 is 10.6 Å². The van der Waals surface area contributed by atoms with Crippen LogP contribution in [0, 0.1) is 6.92 Å². The molecule has 2 amide bonds. The number of nitrogens with one attached hydrogen (secondary N) is 2. The maximum absolute atomic E-state index is 12.6. The van der Waals surface area contributed by atoms with Gasteiger partial charge >= 0.3 is 0 Å². The van der Waals surface area contributed by atoms with Gasteiger partial charge in [0.25, 0.3) is 0 Å². The fourth-order valence-corrected chi connectivity index (χ4v) is 3.59. The van der Waals surface area contributed by atoms with Crippen LogP contribution in [0.3, 0.4) is 0 Å². The van der Waals surface area contributed by atoms with Crippen molar-refractivity contribution in [3.63, 3.8) is 0 Å². The monoisotopic (exact) mass is 350 g/mol. The van der Waals surface area contributed by atoms with E-state index in [1.807, 2.05) is 37.3 Å². The van der Waals surface area contributed by atoms with E-state index < -0.39 is 0 Å². The Hall–Kier alpha value is -2.62. The molecule has 0 fully saturated rings. The molecule has 2 aromatic carbocycles. The van der Waals surface area contributed by atoms with Gasteiger partial charge in [-0.2, -0.15) is 0 Å². The second-order valence-electron chi connectivity index (χ2n) is 7.14. The standard InChI is InChI=1S/C22H26N2O2/c1-15-7-9-18(10-8-15)21(23-16(2)25)14-22(26)24-20-12-11-17-5-3-4-6-19(17)13-20/h3-10,20-21H,11-14H2,1-2H3,(H,23,25)(H,24,26). The molecule has 0 saturated heterocycles. The summed E-state index contributed by atoms with van der Waals surface area (Å²) in [5.41, 5.74) is 4.81. The van der Waals surface area contributed by atoms with E-state index in [0.29, 0.717) is 0 Å². The minimum Gasteiger partial charge on any atom is -0.353 e. The van der Waals surface area contributed by atoms with Crippen molar-refractivity contribution in [2.24, 2.45) is 0 Å². The molecule has 1 aliphatic carbocycles. The van der Waals surface area contributed by atoms with Crippen molar-refractivity contribution in [3.8, 4) is 0 Å². The van der Waals surface area contributed by atoms with Crippen LogP contribution >= 0.6 is 0 Å². The highest BCUT2D eigenvalue weighted by Gasteiger charge is 2.22. The second kappa shape index (κ2) is 8.17. The molecule has 0 aromatic heterocycles. The highest BCUT2D eigenvalue weighted by Crippen LogP contribution is 2.22. The Morgan fingerprint density at radius 2 is 1.77 bits per heavy atom. The number of carbonyl (C=O) groups is 2. The molecule has 26 heavy (non-hydrogen) atoms. The summed E-state index contributed by atoms with van der Waals surface area (Å²) < 4.78 is 0. The minimum atomic E-state index is -0.302. The topological polar surface area (TPSA) is 58.2 Å². The van der Waals surface area contributed by atoms with Gasteiger partial charge in [-0.3, -0.25) is 9.59 Å². The minimum absolute atomic E-state index is 0.0197. The van der Waals surface area contributed by atoms with Crippen LogP contribution in [-0.2, 0) is 22.4 Å². The van der Waals surface area contributed by atoms with Crippen molar-refractivity contribution in [3.05, 3.63) is 70.8 Å². The summed E-state index contributed by atoms with van der Waals surface area (Å²) in [4.78, 5) is 24.2. The maximum atomic E-state index is 12.6. The third-order valence-electron chi connectivity index (χ3n) is 4.96. The third kappa shape index (κ3) is 4.72. The summed E-state index contributed by atoms with van der Waals surface area (Å²) in [5, 5.41) is 6.05. The van der Waals surface area contributed by atoms with Crippen LogP contribution in [0.25, 0.3) is 0 Å². The lowest BCUT2D eigenvalue weighted by molar-refractivity contribution is -0.123. The molecule has 2 aromatic rings. The van der Waals surface area contributed by atoms with Crippen molar-refractivity contribution >= 4 is 11.8 Å². The van der Waals surface area contributed by atoms with Crippen LogP contribution in [-0.4, -0.2) is 17.9 Å². The first-order chi connectivity index (χ1) is 12.5. The molecular weight excluding hydrogens is 324 g/mol. The fourth-order valence-electron chi connectivity index (χ4n) is 3.59. The van der Waals surface area contributed by atoms with Gasteiger partial charge in [-0.05, 0) is 42.9 Å². The third-order valence-corrected chi connectivity index (χ3v) is 4.96. The first-order valence-electron chi connectivity index (χ1n) is 9.21. The molecule has 3 rings (SSSR count). The van der Waals surface area contributed by atoms with Crippen LogP contribution in [0.15, 0.2) is 48.5 Å². The molecule has 2 N–H and O–H groups in total. The number of hydrogen-bond donors (Lipinski definition) is 2. The van der Waals surface area contributed by atoms with E-state index in [2.05, 4.69) is 28.8 Å². The summed E-state index contributed by atoms with van der Waals surface area (Å²) in [6.45, 7) is 3.50. The Balaban J connectivity index is 1.63. The number of hydrogen-bond acceptors (Lipinski definition) is 2. The van der Waals surface area contributed by atoms with Gasteiger partial charge in [0, 0.05) is 13.0 Å². The van der Waals surface area contributed by atoms with E-state index in [9.17, 15) is 9.59 Å². The summed E-state index contributed by atoms with van der Waals surface area (Å²) >= 11 is 0. The fraction of sp³-hybridized carbons (Fsp3) is 0.364. The number of amides is 2. The van der Waals surface area contributed by atoms with Crippen LogP contribution in [0.5, 0.6) is 0 Å². The molecule has 0 saturated carbocycles. The molecule has 136 valence electrons. The predicted molar refractivity (Wildman–Crippen MR) is 103 cm³/mol. The summed E-state index contributed by atoms with van der Waals surface area (Å²) in [6.07, 6.45) is 3.07. The lowest BCUT2D eigenvalue weighted by Crippen LogP contribution is -2.40. The Morgan fingerprint density at radius 3 is 2.46 bits per heavy atom. The lowest BCUT2D eigenvalue weighted by Gasteiger charge is -2.26. The number of rotatable bonds is 5. The van der Waals surface area contributed by atoms with Gasteiger partial charge < -0.3 is 10.6 Å². The molecule has 2 unspecified atom stereocenters. The molecule has 0 bridgehead atoms. The number of benzene rings is 2. The lowest BCUT2D eigenvalue weighted by atomic mass is 9.88. The van der Waals surface area contributed by atoms with E-state index in [-0.39, 0.29) is 30.3 Å². The van der Waals surface area contributed by atoms with Gasteiger partial charge in [-0.25, -0.2) is 0 Å². The SMILES string of the molecule is CC(=O)NC(CC(=O)NC1CCc2ccccc2C1)c1ccc(C)cc1. The van der Waals surface area contributed by atoms with Gasteiger partial charge in [-0.1, -0.05) is 54.1 Å². The van der Waals surface area contributed by atoms with E-state index in [0.717, 1.165) is 30.4 Å². The van der Waals surface area contributed by atoms with Crippen molar-refractivity contribution in [1.29, 1.82) is 0 Å². The molecule has 0 aliphatic heterocycles. The molecule has 4 heteroatoms. The normalized spacial score (nSPS) is 17.1. The Labute approximate surface area is 155 Å². The largest absolute Gasteiger partial charge is 0.353 e. The van der Waals surface area contributed by atoms with Gasteiger partial charge in [0.2, 0.25) is 11.8 Å². The Morgan fingerprint density at radius 1 is 1.08 bits per heavy atom. The average molecular weight is 350 g/mol. The van der Waals surface area contributed by atoms with Crippen molar-refractivity contribution < 1.29 is 9.59 Å². The molecular formula is C22H26N2O2. The highest BCUT2D eigenvalue weighted by atomic mass is 16.2. The molecule has 2 atom stereocenters. The quantitative estimate of drug-likeness (QED) is 0.870. The van der Waals surface area contributed by atoms with Gasteiger partial charge in [0.05, 0.1) is 12.5 Å². The zero-order valence-corrected chi connectivity index (χ0v) is 15.4. The van der Waals surface area contributed by atoms with Crippen molar-refractivity contribution in [2.45, 2.75) is 51.6 Å². The Kier molecular flexibility index (Phi) is 5.71. The van der Waals surface area contributed by atoms with Crippen molar-refractivity contribution in [1.82, 2.24) is 10.6 Å². The average Bonchev–Trinajstić information content (AvgIpc) is 2.61. The zero-order chi connectivity index (χ0) is 18.5. The number of fused-ring (bicyclic) bond motifs is 1. The molecule has 0 spiro atoms. The summed E-state index contributed by atoms with van der Waals surface area (Å²) in [6, 6.07) is 16.2. The van der Waals surface area contributed by atoms with Crippen LogP contribution in [0.2, 0.25) is 0 Å². The predicted octanol–water partition coefficient (Wildman–Crippen LogP) is 3.24. The number of aryl methyl sites for hydroxylation is 2. The summed E-state index contributed by atoms with van der Waals surface area (Å²) in [5.74, 6) is -0.149. The van der Waals surface area contributed by atoms with Crippen molar-refractivity contribution in [2.75, 3.05) is 0 Å². The van der Waals surface area contributed by atoms with Gasteiger partial charge in [0.15, 0.2) is 0 Å².